The number of carbonyl (C=O) groups is 2. The third kappa shape index (κ3) is 7.07. The lowest BCUT2D eigenvalue weighted by atomic mass is 10.1. The van der Waals surface area contributed by atoms with Gasteiger partial charge in [-0.2, -0.15) is 10.2 Å². The van der Waals surface area contributed by atoms with Crippen LogP contribution >= 0.6 is 0 Å². The molecule has 2 aliphatic rings. The van der Waals surface area contributed by atoms with E-state index < -0.39 is 6.04 Å². The first-order valence-electron chi connectivity index (χ1n) is 13.9. The Morgan fingerprint density at radius 3 is 2.44 bits per heavy atom. The van der Waals surface area contributed by atoms with Gasteiger partial charge >= 0.3 is 0 Å². The van der Waals surface area contributed by atoms with Gasteiger partial charge in [0.2, 0.25) is 5.91 Å². The zero-order valence-electron chi connectivity index (χ0n) is 22.8. The van der Waals surface area contributed by atoms with E-state index in [1.807, 2.05) is 29.2 Å². The molecule has 2 amide bonds. The summed E-state index contributed by atoms with van der Waals surface area (Å²) >= 11 is 0. The average molecular weight is 527 g/mol. The Balaban J connectivity index is 1.17. The monoisotopic (exact) mass is 526 g/mol. The molecule has 2 heterocycles. The molecule has 1 saturated heterocycles. The van der Waals surface area contributed by atoms with Crippen molar-refractivity contribution in [3.63, 3.8) is 0 Å². The number of benzene rings is 2. The van der Waals surface area contributed by atoms with Crippen LogP contribution in [0.2, 0.25) is 0 Å². The summed E-state index contributed by atoms with van der Waals surface area (Å²) in [4.78, 5) is 30.8. The maximum absolute atomic E-state index is 13.5. The number of nitrogens with zero attached hydrogens (tertiary/aromatic N) is 4. The van der Waals surface area contributed by atoms with Gasteiger partial charge in [0.15, 0.2) is 0 Å². The molecule has 1 aromatic heterocycles. The van der Waals surface area contributed by atoms with Gasteiger partial charge in [-0.1, -0.05) is 42.0 Å². The predicted octanol–water partition coefficient (Wildman–Crippen LogP) is 3.25. The first-order valence-corrected chi connectivity index (χ1v) is 13.9. The van der Waals surface area contributed by atoms with Crippen molar-refractivity contribution in [2.45, 2.75) is 44.2 Å². The maximum Gasteiger partial charge on any atom is 0.251 e. The van der Waals surface area contributed by atoms with Crippen LogP contribution in [-0.2, 0) is 4.79 Å². The molecule has 2 aromatic carbocycles. The molecule has 5 rings (SSSR count). The molecular formula is C31H38N6O2. The van der Waals surface area contributed by atoms with Crippen molar-refractivity contribution in [3.05, 3.63) is 83.6 Å². The quantitative estimate of drug-likeness (QED) is 0.394. The van der Waals surface area contributed by atoms with E-state index in [0.717, 1.165) is 43.7 Å². The largest absolute Gasteiger partial charge is 0.340 e. The normalized spacial score (nSPS) is 19.9. The topological polar surface area (TPSA) is 90.5 Å². The van der Waals surface area contributed by atoms with Crippen molar-refractivity contribution in [1.29, 1.82) is 0 Å². The fourth-order valence-electron chi connectivity index (χ4n) is 5.19. The average Bonchev–Trinajstić information content (AvgIpc) is 3.75. The molecule has 1 saturated carbocycles. The molecule has 3 aromatic rings. The Morgan fingerprint density at radius 1 is 1.00 bits per heavy atom. The van der Waals surface area contributed by atoms with Gasteiger partial charge in [0, 0.05) is 55.5 Å². The first kappa shape index (κ1) is 27.0. The van der Waals surface area contributed by atoms with Crippen LogP contribution in [-0.4, -0.2) is 83.7 Å². The molecule has 8 heteroatoms. The lowest BCUT2D eigenvalue weighted by Crippen LogP contribution is -2.54. The van der Waals surface area contributed by atoms with Gasteiger partial charge in [-0.05, 0) is 69.6 Å². The fraction of sp³-hybridized carbons (Fsp3) is 0.419. The highest BCUT2D eigenvalue weighted by Gasteiger charge is 2.37. The minimum atomic E-state index is -0.547. The van der Waals surface area contributed by atoms with E-state index in [0.29, 0.717) is 37.0 Å². The Hall–Kier alpha value is -3.62. The van der Waals surface area contributed by atoms with Crippen LogP contribution in [0.25, 0.3) is 11.3 Å². The first-order chi connectivity index (χ1) is 19.0. The number of piperazine rings is 1. The maximum atomic E-state index is 13.5. The number of aromatic nitrogens is 2. The van der Waals surface area contributed by atoms with Gasteiger partial charge in [0.25, 0.3) is 5.91 Å². The molecule has 3 atom stereocenters. The van der Waals surface area contributed by atoms with E-state index in [1.165, 1.54) is 11.1 Å². The van der Waals surface area contributed by atoms with Crippen molar-refractivity contribution < 1.29 is 9.59 Å². The summed E-state index contributed by atoms with van der Waals surface area (Å²) < 4.78 is 0. The van der Waals surface area contributed by atoms with Gasteiger partial charge in [-0.25, -0.2) is 0 Å². The Kier molecular flexibility index (Phi) is 8.64. The second-order valence-electron chi connectivity index (χ2n) is 10.8. The molecule has 1 aliphatic carbocycles. The van der Waals surface area contributed by atoms with Crippen LogP contribution in [0.5, 0.6) is 0 Å². The van der Waals surface area contributed by atoms with Crippen LogP contribution in [0, 0.1) is 6.92 Å². The third-order valence-corrected chi connectivity index (χ3v) is 7.81. The number of rotatable bonds is 10. The molecule has 2 N–H and O–H groups in total. The van der Waals surface area contributed by atoms with E-state index >= 15 is 0 Å². The highest BCUT2D eigenvalue weighted by molar-refractivity contribution is 5.97. The smallest absolute Gasteiger partial charge is 0.251 e. The minimum absolute atomic E-state index is 0.0107. The summed E-state index contributed by atoms with van der Waals surface area (Å²) in [5, 5.41) is 14.7. The minimum Gasteiger partial charge on any atom is -0.340 e. The number of hydrogen-bond donors (Lipinski definition) is 2. The SMILES string of the molecule is Cc1ccc([C@@H]2C[C@H]2NCCC[C@H](NC(=O)c2ccc(-c3cccnn3)cc2)C(=O)N2CCN(C)CC2)cc1. The summed E-state index contributed by atoms with van der Waals surface area (Å²) in [7, 11) is 2.07. The Morgan fingerprint density at radius 2 is 1.74 bits per heavy atom. The highest BCUT2D eigenvalue weighted by atomic mass is 16.2. The van der Waals surface area contributed by atoms with Crippen molar-refractivity contribution in [1.82, 2.24) is 30.6 Å². The zero-order chi connectivity index (χ0) is 27.2. The predicted molar refractivity (Wildman–Crippen MR) is 152 cm³/mol. The molecule has 0 unspecified atom stereocenters. The van der Waals surface area contributed by atoms with Crippen LogP contribution in [0.4, 0.5) is 0 Å². The second-order valence-corrected chi connectivity index (χ2v) is 10.8. The lowest BCUT2D eigenvalue weighted by Gasteiger charge is -2.34. The summed E-state index contributed by atoms with van der Waals surface area (Å²) in [6.45, 7) is 6.00. The lowest BCUT2D eigenvalue weighted by molar-refractivity contribution is -0.135. The number of amides is 2. The van der Waals surface area contributed by atoms with Crippen molar-refractivity contribution >= 4 is 11.8 Å². The van der Waals surface area contributed by atoms with Crippen LogP contribution in [0.15, 0.2) is 66.9 Å². The van der Waals surface area contributed by atoms with Gasteiger partial charge in [-0.3, -0.25) is 9.59 Å². The Labute approximate surface area is 230 Å². The third-order valence-electron chi connectivity index (χ3n) is 7.81. The summed E-state index contributed by atoms with van der Waals surface area (Å²) in [6.07, 6.45) is 4.19. The van der Waals surface area contributed by atoms with Crippen molar-refractivity contribution in [3.8, 4) is 11.3 Å². The fourth-order valence-corrected chi connectivity index (χ4v) is 5.19. The molecule has 2 fully saturated rings. The van der Waals surface area contributed by atoms with Gasteiger partial charge in [-0.15, -0.1) is 0 Å². The summed E-state index contributed by atoms with van der Waals surface area (Å²) in [5.41, 5.74) is 4.83. The highest BCUT2D eigenvalue weighted by Crippen LogP contribution is 2.40. The van der Waals surface area contributed by atoms with Gasteiger partial charge in [0.05, 0.1) is 5.69 Å². The standard InChI is InChI=1S/C31H38N6O2/c1-22-7-9-23(10-8-22)26-21-29(26)32-15-3-6-28(31(39)37-19-17-36(2)18-20-37)34-30(38)25-13-11-24(12-14-25)27-5-4-16-33-35-27/h4-5,7-14,16,26,28-29,32H,3,6,15,17-21H2,1-2H3,(H,34,38)/t26-,28-,29+/m0/s1. The van der Waals surface area contributed by atoms with Crippen LogP contribution in [0.3, 0.4) is 0 Å². The van der Waals surface area contributed by atoms with Crippen LogP contribution in [0.1, 0.15) is 46.7 Å². The summed E-state index contributed by atoms with van der Waals surface area (Å²) in [5.74, 6) is 0.345. The van der Waals surface area contributed by atoms with E-state index in [2.05, 4.69) is 64.0 Å². The molecule has 0 spiro atoms. The molecule has 8 nitrogen and oxygen atoms in total. The van der Waals surface area contributed by atoms with E-state index in [9.17, 15) is 9.59 Å². The number of hydrogen-bond acceptors (Lipinski definition) is 6. The number of aryl methyl sites for hydroxylation is 1. The van der Waals surface area contributed by atoms with Crippen molar-refractivity contribution in [2.75, 3.05) is 39.8 Å². The summed E-state index contributed by atoms with van der Waals surface area (Å²) in [6, 6.07) is 19.7. The molecule has 0 radical (unpaired) electrons. The molecule has 1 aliphatic heterocycles. The number of nitrogens with one attached hydrogen (secondary N) is 2. The van der Waals surface area contributed by atoms with Gasteiger partial charge in [0.1, 0.15) is 6.04 Å². The van der Waals surface area contributed by atoms with Crippen molar-refractivity contribution in [2.24, 2.45) is 0 Å². The van der Waals surface area contributed by atoms with E-state index in [1.54, 1.807) is 18.3 Å². The zero-order valence-corrected chi connectivity index (χ0v) is 22.8. The second kappa shape index (κ2) is 12.5. The Bertz CT molecular complexity index is 1240. The molecular weight excluding hydrogens is 488 g/mol. The number of carbonyl (C=O) groups excluding carboxylic acids is 2. The molecule has 0 bridgehead atoms. The molecule has 204 valence electrons. The molecule has 39 heavy (non-hydrogen) atoms. The number of likely N-dealkylation sites (N-methyl/N-ethyl adjacent to an activating group) is 1. The van der Waals surface area contributed by atoms with E-state index in [-0.39, 0.29) is 11.8 Å². The van der Waals surface area contributed by atoms with Crippen LogP contribution < -0.4 is 10.6 Å². The van der Waals surface area contributed by atoms with Gasteiger partial charge < -0.3 is 20.4 Å². The van der Waals surface area contributed by atoms with E-state index in [4.69, 9.17) is 0 Å².